The summed E-state index contributed by atoms with van der Waals surface area (Å²) in [7, 11) is 0. The zero-order chi connectivity index (χ0) is 15.0. The summed E-state index contributed by atoms with van der Waals surface area (Å²) in [4.78, 5) is 15.2. The lowest BCUT2D eigenvalue weighted by atomic mass is 9.94. The maximum absolute atomic E-state index is 12.4. The topological polar surface area (TPSA) is 53.1 Å². The minimum absolute atomic E-state index is 0.151. The lowest BCUT2D eigenvalue weighted by molar-refractivity contribution is 0.472. The Morgan fingerprint density at radius 3 is 2.62 bits per heavy atom. The summed E-state index contributed by atoms with van der Waals surface area (Å²) >= 11 is 0. The Kier molecular flexibility index (Phi) is 3.42. The van der Waals surface area contributed by atoms with Crippen molar-refractivity contribution in [2.75, 3.05) is 0 Å². The van der Waals surface area contributed by atoms with Gasteiger partial charge in [-0.15, -0.1) is 0 Å². The lowest BCUT2D eigenvalue weighted by Gasteiger charge is -2.13. The molecule has 0 saturated carbocycles. The van der Waals surface area contributed by atoms with Gasteiger partial charge in [0.2, 0.25) is 0 Å². The number of benzene rings is 2. The number of hydrogen-bond acceptors (Lipinski definition) is 2. The summed E-state index contributed by atoms with van der Waals surface area (Å²) in [5.74, 6) is 0.151. The third kappa shape index (κ3) is 2.09. The van der Waals surface area contributed by atoms with Gasteiger partial charge < -0.3 is 10.1 Å². The fourth-order valence-electron chi connectivity index (χ4n) is 3.06. The van der Waals surface area contributed by atoms with Crippen LogP contribution in [-0.4, -0.2) is 10.1 Å². The Morgan fingerprint density at radius 2 is 1.90 bits per heavy atom. The summed E-state index contributed by atoms with van der Waals surface area (Å²) in [5, 5.41) is 12.8. The second-order valence-corrected chi connectivity index (χ2v) is 5.39. The Labute approximate surface area is 123 Å². The van der Waals surface area contributed by atoms with E-state index in [1.807, 2.05) is 24.3 Å². The first-order valence-electron chi connectivity index (χ1n) is 7.45. The van der Waals surface area contributed by atoms with Gasteiger partial charge in [0.1, 0.15) is 5.75 Å². The Hall–Kier alpha value is -2.29. The van der Waals surface area contributed by atoms with Gasteiger partial charge in [-0.2, -0.15) is 0 Å². The number of aryl methyl sites for hydroxylation is 1. The van der Waals surface area contributed by atoms with Crippen LogP contribution in [0.3, 0.4) is 0 Å². The minimum Gasteiger partial charge on any atom is -0.507 e. The van der Waals surface area contributed by atoms with Crippen LogP contribution in [0.2, 0.25) is 0 Å². The van der Waals surface area contributed by atoms with E-state index in [1.165, 1.54) is 0 Å². The Morgan fingerprint density at radius 1 is 1.14 bits per heavy atom. The van der Waals surface area contributed by atoms with Gasteiger partial charge in [0.15, 0.2) is 0 Å². The fourth-order valence-corrected chi connectivity index (χ4v) is 3.06. The molecule has 0 atom stereocenters. The second kappa shape index (κ2) is 5.24. The van der Waals surface area contributed by atoms with Crippen molar-refractivity contribution in [1.82, 2.24) is 4.98 Å². The quantitative estimate of drug-likeness (QED) is 0.715. The van der Waals surface area contributed by atoms with Crippen LogP contribution >= 0.6 is 0 Å². The van der Waals surface area contributed by atoms with Gasteiger partial charge in [0, 0.05) is 16.3 Å². The van der Waals surface area contributed by atoms with E-state index in [-0.39, 0.29) is 11.3 Å². The standard InChI is InChI=1S/C18H19NO2/c1-3-7-12-11(4-2)10-14-13-8-5-6-9-15(13)19-18(21)16(14)17(12)20/h5-6,8-10,20H,3-4,7H2,1-2H3,(H,19,21). The zero-order valence-corrected chi connectivity index (χ0v) is 12.4. The molecule has 2 N–H and O–H groups in total. The van der Waals surface area contributed by atoms with E-state index >= 15 is 0 Å². The van der Waals surface area contributed by atoms with Crippen molar-refractivity contribution in [3.05, 3.63) is 51.8 Å². The number of nitrogens with one attached hydrogen (secondary N) is 1. The molecule has 0 amide bonds. The van der Waals surface area contributed by atoms with E-state index in [0.29, 0.717) is 5.39 Å². The molecule has 0 spiro atoms. The lowest BCUT2D eigenvalue weighted by Crippen LogP contribution is -2.08. The highest BCUT2D eigenvalue weighted by Crippen LogP contribution is 2.34. The molecule has 2 aromatic carbocycles. The molecule has 0 saturated heterocycles. The number of pyridine rings is 1. The largest absolute Gasteiger partial charge is 0.507 e. The van der Waals surface area contributed by atoms with Crippen LogP contribution in [-0.2, 0) is 12.8 Å². The molecule has 0 aliphatic rings. The predicted octanol–water partition coefficient (Wildman–Crippen LogP) is 3.90. The van der Waals surface area contributed by atoms with Crippen molar-refractivity contribution in [3.63, 3.8) is 0 Å². The highest BCUT2D eigenvalue weighted by atomic mass is 16.3. The summed E-state index contributed by atoms with van der Waals surface area (Å²) in [6, 6.07) is 9.78. The van der Waals surface area contributed by atoms with Crippen LogP contribution in [0, 0.1) is 0 Å². The van der Waals surface area contributed by atoms with Gasteiger partial charge in [0.25, 0.3) is 5.56 Å². The normalized spacial score (nSPS) is 11.3. The molecular formula is C18H19NO2. The third-order valence-corrected chi connectivity index (χ3v) is 4.07. The number of rotatable bonds is 3. The number of H-pyrrole nitrogens is 1. The van der Waals surface area contributed by atoms with Gasteiger partial charge in [-0.1, -0.05) is 38.5 Å². The van der Waals surface area contributed by atoms with Crippen LogP contribution in [0.25, 0.3) is 21.7 Å². The monoisotopic (exact) mass is 281 g/mol. The molecule has 0 aliphatic carbocycles. The average Bonchev–Trinajstić information content (AvgIpc) is 2.49. The molecular weight excluding hydrogens is 262 g/mol. The van der Waals surface area contributed by atoms with Gasteiger partial charge in [-0.25, -0.2) is 0 Å². The van der Waals surface area contributed by atoms with E-state index in [4.69, 9.17) is 0 Å². The molecule has 1 aromatic heterocycles. The molecule has 3 nitrogen and oxygen atoms in total. The first kappa shape index (κ1) is 13.7. The Balaban J connectivity index is 2.52. The molecule has 1 heterocycles. The zero-order valence-electron chi connectivity index (χ0n) is 12.4. The van der Waals surface area contributed by atoms with Crippen LogP contribution < -0.4 is 5.56 Å². The van der Waals surface area contributed by atoms with Crippen LogP contribution in [0.1, 0.15) is 31.4 Å². The fraction of sp³-hybridized carbons (Fsp3) is 0.278. The molecule has 3 aromatic rings. The van der Waals surface area contributed by atoms with Gasteiger partial charge in [0.05, 0.1) is 5.39 Å². The predicted molar refractivity (Wildman–Crippen MR) is 87.1 cm³/mol. The van der Waals surface area contributed by atoms with Crippen LogP contribution in [0.15, 0.2) is 35.1 Å². The summed E-state index contributed by atoms with van der Waals surface area (Å²) in [6.45, 7) is 4.16. The van der Waals surface area contributed by atoms with E-state index in [0.717, 1.165) is 46.7 Å². The van der Waals surface area contributed by atoms with Crippen molar-refractivity contribution < 1.29 is 5.11 Å². The molecule has 0 fully saturated rings. The molecule has 0 bridgehead atoms. The summed E-state index contributed by atoms with van der Waals surface area (Å²) in [6.07, 6.45) is 2.58. The molecule has 21 heavy (non-hydrogen) atoms. The van der Waals surface area contributed by atoms with Crippen molar-refractivity contribution in [1.29, 1.82) is 0 Å². The number of para-hydroxylation sites is 1. The van der Waals surface area contributed by atoms with E-state index in [1.54, 1.807) is 0 Å². The highest BCUT2D eigenvalue weighted by molar-refractivity contribution is 6.08. The Bertz CT molecular complexity index is 878. The highest BCUT2D eigenvalue weighted by Gasteiger charge is 2.15. The van der Waals surface area contributed by atoms with Crippen LogP contribution in [0.5, 0.6) is 5.75 Å². The molecule has 3 rings (SSSR count). The number of fused-ring (bicyclic) bond motifs is 3. The number of aromatic nitrogens is 1. The van der Waals surface area contributed by atoms with Gasteiger partial charge in [-0.05, 0) is 36.1 Å². The number of hydrogen-bond donors (Lipinski definition) is 2. The van der Waals surface area contributed by atoms with Gasteiger partial charge in [-0.3, -0.25) is 4.79 Å². The van der Waals surface area contributed by atoms with Crippen molar-refractivity contribution in [2.24, 2.45) is 0 Å². The van der Waals surface area contributed by atoms with Crippen molar-refractivity contribution >= 4 is 21.7 Å². The smallest absolute Gasteiger partial charge is 0.260 e. The summed E-state index contributed by atoms with van der Waals surface area (Å²) < 4.78 is 0. The van der Waals surface area contributed by atoms with E-state index < -0.39 is 0 Å². The number of phenolic OH excluding ortho intramolecular Hbond substituents is 1. The van der Waals surface area contributed by atoms with E-state index in [9.17, 15) is 9.90 Å². The molecule has 0 unspecified atom stereocenters. The third-order valence-electron chi connectivity index (χ3n) is 4.07. The maximum Gasteiger partial charge on any atom is 0.260 e. The maximum atomic E-state index is 12.4. The number of aromatic amines is 1. The first-order chi connectivity index (χ1) is 10.2. The van der Waals surface area contributed by atoms with Gasteiger partial charge >= 0.3 is 0 Å². The number of aromatic hydroxyl groups is 1. The molecule has 0 aliphatic heterocycles. The molecule has 0 radical (unpaired) electrons. The van der Waals surface area contributed by atoms with E-state index in [2.05, 4.69) is 24.9 Å². The number of phenols is 1. The average molecular weight is 281 g/mol. The second-order valence-electron chi connectivity index (χ2n) is 5.39. The van der Waals surface area contributed by atoms with Crippen molar-refractivity contribution in [3.8, 4) is 5.75 Å². The molecule has 108 valence electrons. The first-order valence-corrected chi connectivity index (χ1v) is 7.45. The summed E-state index contributed by atoms with van der Waals surface area (Å²) in [5.41, 5.74) is 2.62. The van der Waals surface area contributed by atoms with Crippen LogP contribution in [0.4, 0.5) is 0 Å². The van der Waals surface area contributed by atoms with Crippen molar-refractivity contribution in [2.45, 2.75) is 33.1 Å². The molecule has 3 heteroatoms. The SMILES string of the molecule is CCCc1c(CC)cc2c(c1O)c(=O)[nH]c1ccccc12. The minimum atomic E-state index is -0.221.